The van der Waals surface area contributed by atoms with Gasteiger partial charge in [-0.15, -0.1) is 0 Å². The van der Waals surface area contributed by atoms with E-state index < -0.39 is 51.8 Å². The lowest BCUT2D eigenvalue weighted by molar-refractivity contribution is -0.203. The van der Waals surface area contributed by atoms with Crippen molar-refractivity contribution in [1.82, 2.24) is 29.8 Å². The summed E-state index contributed by atoms with van der Waals surface area (Å²) in [5, 5.41) is 11.7. The fourth-order valence-corrected chi connectivity index (χ4v) is 12.7. The summed E-state index contributed by atoms with van der Waals surface area (Å²) < 4.78 is 38.3. The van der Waals surface area contributed by atoms with Crippen molar-refractivity contribution in [2.75, 3.05) is 78.6 Å². The minimum Gasteiger partial charge on any atom is -0.373 e. The number of ether oxygens (including phenoxy) is 1. The number of rotatable bonds is 13. The van der Waals surface area contributed by atoms with Gasteiger partial charge in [-0.2, -0.15) is 0 Å². The van der Waals surface area contributed by atoms with E-state index in [1.54, 1.807) is 41.3 Å². The number of amides is 6. The number of hydrogen-bond donors (Lipinski definition) is 3. The van der Waals surface area contributed by atoms with Crippen molar-refractivity contribution in [3.8, 4) is 0 Å². The minimum atomic E-state index is -0.774. The molecule has 6 amide bonds. The molecular formula is C58H78F2N8O7. The van der Waals surface area contributed by atoms with E-state index in [1.165, 1.54) is 24.3 Å². The van der Waals surface area contributed by atoms with Gasteiger partial charge in [0, 0.05) is 109 Å². The Bertz CT molecular complexity index is 2670. The second-order valence-corrected chi connectivity index (χ2v) is 23.2. The molecule has 3 aromatic rings. The van der Waals surface area contributed by atoms with E-state index in [-0.39, 0.29) is 74.3 Å². The molecular weight excluding hydrogens is 959 g/mol. The summed E-state index contributed by atoms with van der Waals surface area (Å²) in [5.74, 6) is -3.36. The molecule has 0 radical (unpaired) electrons. The van der Waals surface area contributed by atoms with Gasteiger partial charge in [-0.05, 0) is 92.7 Å². The van der Waals surface area contributed by atoms with E-state index in [0.29, 0.717) is 101 Å². The zero-order valence-corrected chi connectivity index (χ0v) is 43.9. The predicted molar refractivity (Wildman–Crippen MR) is 283 cm³/mol. The second-order valence-electron chi connectivity index (χ2n) is 23.2. The standard InChI is InChI=1S/C58H74F2N8O7.2H2/c1-56(2,3)54(73)68-24-10-13-40(35-68)41-16-9-17-44(48(41)60)51(70)63-49(39-11-5-4-6-12-39)53(72)66-27-25-64(26-28-66)36-58-22-20-57(21-23-58,37-75-58)55(74)67-31-29-65(30-32-67)52(71)45-33-38(18-19-46(45)59)34-47(61)42-14-7-8-15-43(42)50(62)69;;/h7-9,14-19,33,39-40,49,61H,4-6,10-13,20-32,34-37H2,1-3H3,(H2,62,69)(H,63,70);2*1H/t40?,49-,57?,58?;;/m1../s1. The van der Waals surface area contributed by atoms with Gasteiger partial charge in [-0.3, -0.25) is 33.7 Å². The first kappa shape index (κ1) is 53.7. The van der Waals surface area contributed by atoms with E-state index in [4.69, 9.17) is 15.9 Å². The Morgan fingerprint density at radius 3 is 2.05 bits per heavy atom. The van der Waals surface area contributed by atoms with Gasteiger partial charge >= 0.3 is 0 Å². The Kier molecular flexibility index (Phi) is 15.9. The maximum absolute atomic E-state index is 16.4. The van der Waals surface area contributed by atoms with E-state index in [0.717, 1.165) is 51.4 Å². The topological polar surface area (TPSA) is 190 Å². The summed E-state index contributed by atoms with van der Waals surface area (Å²) in [5.41, 5.74) is 5.40. The summed E-state index contributed by atoms with van der Waals surface area (Å²) in [6.45, 7) is 11.0. The number of carbonyl (C=O) groups excluding carboxylic acids is 6. The maximum atomic E-state index is 16.4. The van der Waals surface area contributed by atoms with Gasteiger partial charge < -0.3 is 40.8 Å². The van der Waals surface area contributed by atoms with Crippen LogP contribution in [0.5, 0.6) is 0 Å². The van der Waals surface area contributed by atoms with Crippen LogP contribution in [0, 0.1) is 33.8 Å². The Balaban J connectivity index is 0.00000431. The molecule has 2 saturated carbocycles. The Morgan fingerprint density at radius 2 is 1.40 bits per heavy atom. The number of piperidine rings is 1. The number of hydrogen-bond acceptors (Lipinski definition) is 9. The lowest BCUT2D eigenvalue weighted by Crippen LogP contribution is -2.64. The van der Waals surface area contributed by atoms with Gasteiger partial charge in [0.05, 0.1) is 28.7 Å². The van der Waals surface area contributed by atoms with Crippen molar-refractivity contribution in [3.63, 3.8) is 0 Å². The molecule has 75 heavy (non-hydrogen) atoms. The predicted octanol–water partition coefficient (Wildman–Crippen LogP) is 7.06. The normalized spacial score (nSPS) is 24.1. The summed E-state index contributed by atoms with van der Waals surface area (Å²) in [7, 11) is 0. The fraction of sp³-hybridized carbons (Fsp3) is 0.569. The number of likely N-dealkylation sites (tertiary alicyclic amines) is 1. The third-order valence-electron chi connectivity index (χ3n) is 17.2. The third-order valence-corrected chi connectivity index (χ3v) is 17.2. The van der Waals surface area contributed by atoms with Crippen LogP contribution < -0.4 is 11.1 Å². The highest BCUT2D eigenvalue weighted by atomic mass is 19.1. The number of nitrogens with one attached hydrogen (secondary N) is 2. The first-order valence-corrected chi connectivity index (χ1v) is 27.2. The molecule has 7 aliphatic rings. The highest BCUT2D eigenvalue weighted by Crippen LogP contribution is 2.50. The van der Waals surface area contributed by atoms with Crippen molar-refractivity contribution >= 4 is 41.2 Å². The largest absolute Gasteiger partial charge is 0.373 e. The lowest BCUT2D eigenvalue weighted by atomic mass is 9.65. The van der Waals surface area contributed by atoms with Crippen LogP contribution in [0.1, 0.15) is 148 Å². The van der Waals surface area contributed by atoms with Crippen LogP contribution in [0.3, 0.4) is 0 Å². The molecule has 0 spiro atoms. The van der Waals surface area contributed by atoms with E-state index >= 15 is 8.78 Å². The van der Waals surface area contributed by atoms with Gasteiger partial charge in [0.1, 0.15) is 17.7 Å². The summed E-state index contributed by atoms with van der Waals surface area (Å²) in [6.07, 6.45) is 8.95. The van der Waals surface area contributed by atoms with Crippen molar-refractivity contribution in [2.45, 2.75) is 115 Å². The van der Waals surface area contributed by atoms with Crippen LogP contribution in [0.4, 0.5) is 8.78 Å². The molecule has 0 aromatic heterocycles. The summed E-state index contributed by atoms with van der Waals surface area (Å²) in [6, 6.07) is 14.9. The molecule has 7 fully saturated rings. The molecule has 2 aliphatic carbocycles. The molecule has 1 unspecified atom stereocenters. The van der Waals surface area contributed by atoms with Gasteiger partial charge in [0.25, 0.3) is 11.8 Å². The van der Waals surface area contributed by atoms with Crippen LogP contribution in [-0.4, -0.2) is 156 Å². The molecule has 10 rings (SSSR count). The highest BCUT2D eigenvalue weighted by Gasteiger charge is 2.55. The van der Waals surface area contributed by atoms with Crippen LogP contribution in [0.2, 0.25) is 0 Å². The first-order chi connectivity index (χ1) is 35.8. The first-order valence-electron chi connectivity index (χ1n) is 27.2. The number of piperazine rings is 2. The highest BCUT2D eigenvalue weighted by molar-refractivity contribution is 6.09. The van der Waals surface area contributed by atoms with Crippen LogP contribution >= 0.6 is 0 Å². The molecule has 17 heteroatoms. The zero-order chi connectivity index (χ0) is 53.2. The molecule has 2 bridgehead atoms. The number of primary amides is 1. The summed E-state index contributed by atoms with van der Waals surface area (Å²) in [4.78, 5) is 91.0. The molecule has 2 atom stereocenters. The molecule has 15 nitrogen and oxygen atoms in total. The number of carbonyl (C=O) groups is 6. The molecule has 5 saturated heterocycles. The lowest BCUT2D eigenvalue weighted by Gasteiger charge is -2.55. The Hall–Kier alpha value is -6.07. The van der Waals surface area contributed by atoms with E-state index in [1.807, 2.05) is 35.5 Å². The second kappa shape index (κ2) is 22.3. The monoisotopic (exact) mass is 1040 g/mol. The van der Waals surface area contributed by atoms with Crippen molar-refractivity contribution in [2.24, 2.45) is 22.5 Å². The average Bonchev–Trinajstić information content (AvgIpc) is 3.44. The quantitative estimate of drug-likeness (QED) is 0.152. The van der Waals surface area contributed by atoms with Crippen molar-refractivity contribution in [1.29, 1.82) is 5.41 Å². The number of halogens is 2. The Labute approximate surface area is 442 Å². The number of nitrogens with two attached hydrogens (primary N) is 1. The number of nitrogens with zero attached hydrogens (tertiary/aromatic N) is 5. The molecule has 5 heterocycles. The zero-order valence-electron chi connectivity index (χ0n) is 43.9. The molecule has 406 valence electrons. The molecule has 5 aliphatic heterocycles. The third kappa shape index (κ3) is 11.5. The van der Waals surface area contributed by atoms with E-state index in [9.17, 15) is 28.8 Å². The smallest absolute Gasteiger partial charge is 0.256 e. The molecule has 4 N–H and O–H groups in total. The van der Waals surface area contributed by atoms with Gasteiger partial charge in [0.2, 0.25) is 23.6 Å². The van der Waals surface area contributed by atoms with Crippen LogP contribution in [-0.2, 0) is 25.5 Å². The van der Waals surface area contributed by atoms with Crippen molar-refractivity contribution < 1.29 is 45.1 Å². The van der Waals surface area contributed by atoms with E-state index in [2.05, 4.69) is 10.2 Å². The average molecular weight is 1040 g/mol. The number of fused-ring (bicyclic) bond motifs is 3. The number of benzene rings is 3. The van der Waals surface area contributed by atoms with Crippen molar-refractivity contribution in [3.05, 3.63) is 106 Å². The minimum absolute atomic E-state index is 0. The maximum Gasteiger partial charge on any atom is 0.256 e. The Morgan fingerprint density at radius 1 is 0.747 bits per heavy atom. The molecule has 3 aromatic carbocycles. The SMILES string of the molecule is CC(C)(C)C(=O)N1CCCC(c2cccc(C(=O)N[C@@H](C(=O)N3CCN(CC45CCC(C(=O)N6CCN(C(=O)c7cc(CC(=N)c8ccccc8C(N)=O)ccc7F)CC6)(CC4)CO5)CC3)C3CCCCC3)c2F)C1.[HH].[HH]. The van der Waals surface area contributed by atoms with Crippen LogP contribution in [0.15, 0.2) is 60.7 Å². The summed E-state index contributed by atoms with van der Waals surface area (Å²) >= 11 is 0. The van der Waals surface area contributed by atoms with Gasteiger partial charge in [-0.1, -0.05) is 76.4 Å². The fourth-order valence-electron chi connectivity index (χ4n) is 12.7. The van der Waals surface area contributed by atoms with Gasteiger partial charge in [0.15, 0.2) is 0 Å². The van der Waals surface area contributed by atoms with Crippen LogP contribution in [0.25, 0.3) is 0 Å². The van der Waals surface area contributed by atoms with Gasteiger partial charge in [-0.25, -0.2) is 8.78 Å².